The molecular formula is C62H55N. The van der Waals surface area contributed by atoms with E-state index in [-0.39, 0.29) is 16.2 Å². The van der Waals surface area contributed by atoms with E-state index in [1.54, 1.807) is 0 Å². The van der Waals surface area contributed by atoms with Crippen LogP contribution in [-0.2, 0) is 16.2 Å². The zero-order valence-electron chi connectivity index (χ0n) is 37.1. The molecule has 11 rings (SSSR count). The van der Waals surface area contributed by atoms with Crippen LogP contribution >= 0.6 is 0 Å². The Morgan fingerprint density at radius 2 is 0.889 bits per heavy atom. The van der Waals surface area contributed by atoms with Gasteiger partial charge in [-0.2, -0.15) is 0 Å². The molecule has 1 heteroatoms. The number of allylic oxidation sites excluding steroid dienone is 4. The van der Waals surface area contributed by atoms with Crippen LogP contribution in [0.5, 0.6) is 0 Å². The fourth-order valence-electron chi connectivity index (χ4n) is 10.4. The predicted molar refractivity (Wildman–Crippen MR) is 269 cm³/mol. The summed E-state index contributed by atoms with van der Waals surface area (Å²) >= 11 is 0. The van der Waals surface area contributed by atoms with E-state index in [9.17, 15) is 0 Å². The number of para-hydroxylation sites is 1. The molecule has 8 aromatic carbocycles. The molecule has 1 spiro atoms. The fraction of sp³-hybridized carbons (Fsp3) is 0.129. The van der Waals surface area contributed by atoms with Crippen molar-refractivity contribution >= 4 is 17.3 Å². The lowest BCUT2D eigenvalue weighted by Gasteiger charge is -2.46. The van der Waals surface area contributed by atoms with Crippen LogP contribution in [0.25, 0.3) is 33.9 Å². The van der Waals surface area contributed by atoms with Crippen molar-refractivity contribution in [2.75, 3.05) is 5.73 Å². The average Bonchev–Trinajstić information content (AvgIpc) is 3.73. The highest BCUT2D eigenvalue weighted by Crippen LogP contribution is 2.62. The van der Waals surface area contributed by atoms with Gasteiger partial charge in [-0.1, -0.05) is 240 Å². The van der Waals surface area contributed by atoms with Gasteiger partial charge in [-0.05, 0) is 109 Å². The molecule has 1 nitrogen and oxygen atoms in total. The largest absolute Gasteiger partial charge is 0.399 e. The summed E-state index contributed by atoms with van der Waals surface area (Å²) in [6, 6.07) is 72.1. The molecule has 3 aliphatic carbocycles. The molecule has 0 aliphatic heterocycles. The molecule has 0 radical (unpaired) electrons. The van der Waals surface area contributed by atoms with Gasteiger partial charge in [0.15, 0.2) is 0 Å². The van der Waals surface area contributed by atoms with Crippen molar-refractivity contribution < 1.29 is 0 Å². The van der Waals surface area contributed by atoms with Gasteiger partial charge in [0.05, 0.1) is 5.41 Å². The molecule has 63 heavy (non-hydrogen) atoms. The van der Waals surface area contributed by atoms with Gasteiger partial charge in [0.1, 0.15) is 0 Å². The van der Waals surface area contributed by atoms with Crippen LogP contribution in [0.1, 0.15) is 83.3 Å². The lowest BCUT2D eigenvalue weighted by molar-refractivity contribution is 0.563. The van der Waals surface area contributed by atoms with E-state index in [0.29, 0.717) is 0 Å². The number of rotatable bonds is 4. The number of benzene rings is 8. The van der Waals surface area contributed by atoms with Gasteiger partial charge in [-0.3, -0.25) is 0 Å². The van der Waals surface area contributed by atoms with E-state index < -0.39 is 0 Å². The minimum atomic E-state index is -0.380. The van der Waals surface area contributed by atoms with Crippen molar-refractivity contribution in [2.24, 2.45) is 0 Å². The number of aryl methyl sites for hydroxylation is 1. The maximum absolute atomic E-state index is 5.36. The van der Waals surface area contributed by atoms with Gasteiger partial charge in [-0.25, -0.2) is 0 Å². The van der Waals surface area contributed by atoms with Crippen LogP contribution in [0.2, 0.25) is 0 Å². The summed E-state index contributed by atoms with van der Waals surface area (Å²) in [5.74, 6) is 0. The first-order valence-corrected chi connectivity index (χ1v) is 22.1. The Morgan fingerprint density at radius 3 is 1.43 bits per heavy atom. The number of hydrogen-bond donors (Lipinski definition) is 1. The zero-order valence-corrected chi connectivity index (χ0v) is 37.1. The van der Waals surface area contributed by atoms with Crippen molar-refractivity contribution in [3.63, 3.8) is 0 Å². The molecule has 3 aliphatic rings. The summed E-state index contributed by atoms with van der Waals surface area (Å²) in [6.07, 6.45) is 6.55. The number of nitrogen functional groups attached to an aromatic ring is 1. The van der Waals surface area contributed by atoms with E-state index in [2.05, 4.69) is 205 Å². The summed E-state index contributed by atoms with van der Waals surface area (Å²) in [6.45, 7) is 15.6. The summed E-state index contributed by atoms with van der Waals surface area (Å²) in [4.78, 5) is 0. The van der Waals surface area contributed by atoms with Crippen molar-refractivity contribution in [2.45, 2.75) is 50.9 Å². The number of nitrogens with two attached hydrogens (primary N) is 1. The molecule has 0 amide bonds. The highest BCUT2D eigenvalue weighted by Gasteiger charge is 2.53. The predicted octanol–water partition coefficient (Wildman–Crippen LogP) is 15.6. The van der Waals surface area contributed by atoms with Gasteiger partial charge in [-0.15, -0.1) is 0 Å². The fourth-order valence-corrected chi connectivity index (χ4v) is 10.4. The van der Waals surface area contributed by atoms with Gasteiger partial charge in [0, 0.05) is 16.5 Å². The number of hydrogen-bond acceptors (Lipinski definition) is 1. The van der Waals surface area contributed by atoms with Gasteiger partial charge >= 0.3 is 0 Å². The van der Waals surface area contributed by atoms with E-state index in [1.165, 1.54) is 89.0 Å². The Hall–Kier alpha value is -7.22. The maximum Gasteiger partial charge on any atom is 0.0719 e. The highest BCUT2D eigenvalue weighted by atomic mass is 14.5. The van der Waals surface area contributed by atoms with Crippen LogP contribution in [0.4, 0.5) is 5.69 Å². The first kappa shape index (κ1) is 41.1. The topological polar surface area (TPSA) is 26.0 Å². The summed E-state index contributed by atoms with van der Waals surface area (Å²) in [7, 11) is 0. The monoisotopic (exact) mass is 813 g/mol. The molecule has 308 valence electrons. The van der Waals surface area contributed by atoms with Gasteiger partial charge in [0.2, 0.25) is 0 Å². The lowest BCUT2D eigenvalue weighted by atomic mass is 9.55. The molecule has 8 aromatic rings. The third-order valence-corrected chi connectivity index (χ3v) is 13.5. The van der Waals surface area contributed by atoms with Crippen LogP contribution in [-0.4, -0.2) is 0 Å². The average molecular weight is 814 g/mol. The van der Waals surface area contributed by atoms with E-state index in [0.717, 1.165) is 5.69 Å². The second-order valence-electron chi connectivity index (χ2n) is 18.0. The second kappa shape index (κ2) is 16.6. The molecule has 0 heterocycles. The van der Waals surface area contributed by atoms with E-state index in [4.69, 9.17) is 5.73 Å². The van der Waals surface area contributed by atoms with Crippen molar-refractivity contribution in [3.8, 4) is 22.3 Å². The molecule has 0 aromatic heterocycles. The summed E-state index contributed by atoms with van der Waals surface area (Å²) in [5.41, 5.74) is 26.8. The molecule has 2 N–H and O–H groups in total. The van der Waals surface area contributed by atoms with Crippen LogP contribution in [0.3, 0.4) is 0 Å². The lowest BCUT2D eigenvalue weighted by Crippen LogP contribution is -2.40. The Kier molecular flexibility index (Phi) is 10.8. The first-order valence-electron chi connectivity index (χ1n) is 22.1. The molecule has 0 fully saturated rings. The quantitative estimate of drug-likeness (QED) is 0.176. The van der Waals surface area contributed by atoms with Gasteiger partial charge in [0.25, 0.3) is 0 Å². The maximum atomic E-state index is 5.36. The smallest absolute Gasteiger partial charge is 0.0719 e. The van der Waals surface area contributed by atoms with Crippen LogP contribution < -0.4 is 5.73 Å². The second-order valence-corrected chi connectivity index (χ2v) is 18.0. The normalized spacial score (nSPS) is 15.1. The van der Waals surface area contributed by atoms with Crippen molar-refractivity contribution in [1.82, 2.24) is 0 Å². The molecule has 0 bridgehead atoms. The van der Waals surface area contributed by atoms with Crippen molar-refractivity contribution in [1.29, 1.82) is 0 Å². The number of anilines is 1. The van der Waals surface area contributed by atoms with E-state index >= 15 is 0 Å². The Balaban J connectivity index is 0.000000307. The highest BCUT2D eigenvalue weighted by molar-refractivity contribution is 5.92. The molecular weight excluding hydrogens is 759 g/mol. The first-order chi connectivity index (χ1) is 30.6. The minimum absolute atomic E-state index is 0.0540. The molecule has 0 unspecified atom stereocenters. The van der Waals surface area contributed by atoms with Crippen LogP contribution in [0, 0.1) is 6.92 Å². The Labute approximate surface area is 374 Å². The Bertz CT molecular complexity index is 2930. The Morgan fingerprint density at radius 1 is 0.413 bits per heavy atom. The van der Waals surface area contributed by atoms with Gasteiger partial charge < -0.3 is 5.73 Å². The minimum Gasteiger partial charge on any atom is -0.399 e. The standard InChI is InChI=1S/C49H40.C7H8.C6H7N/c1-6-39-37(35-15-7-9-17-40(35)47(39,2)3)29-25-32-23-26-33(27-24-32)34-28-30-38-36-16-8-10-18-41(36)49(46(38)31-34)44-21-13-11-19-42(44)48(4,5)43-20-12-14-22-45(43)49;1-7-5-3-2-4-6-7;7-6-4-2-1-3-5-6/h6-31H,1H2,2-5H3;2-6H,1H3;1-5H,7H2/b29-25-;;. The molecule has 0 saturated carbocycles. The molecule has 0 saturated heterocycles. The molecule has 0 atom stereocenters. The van der Waals surface area contributed by atoms with Crippen molar-refractivity contribution in [3.05, 3.63) is 280 Å². The van der Waals surface area contributed by atoms with E-state index in [1.807, 2.05) is 54.6 Å². The zero-order chi connectivity index (χ0) is 43.8. The SMILES string of the molecule is C=CC1=C(/C=C\c2ccc(-c3ccc4c(c3)C3(c5ccccc5-4)c4ccccc4C(C)(C)c4ccccc43)cc2)c2ccccc2C1(C)C.Cc1ccccc1.Nc1ccccc1. The summed E-state index contributed by atoms with van der Waals surface area (Å²) in [5, 5.41) is 0. The third-order valence-electron chi connectivity index (χ3n) is 13.5. The van der Waals surface area contributed by atoms with Crippen LogP contribution in [0.15, 0.2) is 224 Å². The number of fused-ring (bicyclic) bond motifs is 10. The summed E-state index contributed by atoms with van der Waals surface area (Å²) < 4.78 is 0. The third kappa shape index (κ3) is 7.08.